The first kappa shape index (κ1) is 15.7. The van der Waals surface area contributed by atoms with Crippen LogP contribution in [0, 0.1) is 0 Å². The van der Waals surface area contributed by atoms with Gasteiger partial charge >= 0.3 is 0 Å². The van der Waals surface area contributed by atoms with Gasteiger partial charge in [0, 0.05) is 6.54 Å². The number of sulfonamides is 1. The van der Waals surface area contributed by atoms with Crippen LogP contribution in [0.4, 0.5) is 0 Å². The van der Waals surface area contributed by atoms with E-state index >= 15 is 0 Å². The lowest BCUT2D eigenvalue weighted by Gasteiger charge is -2.05. The fourth-order valence-corrected chi connectivity index (χ4v) is 4.87. The summed E-state index contributed by atoms with van der Waals surface area (Å²) >= 11 is 4.48. The third kappa shape index (κ3) is 4.15. The summed E-state index contributed by atoms with van der Waals surface area (Å²) in [5, 5.41) is 0. The molecule has 0 aliphatic carbocycles. The monoisotopic (exact) mass is 373 g/mol. The molecule has 0 aliphatic heterocycles. The van der Waals surface area contributed by atoms with Gasteiger partial charge in [-0.2, -0.15) is 0 Å². The highest BCUT2D eigenvalue weighted by Gasteiger charge is 2.15. The molecule has 20 heavy (non-hydrogen) atoms. The average Bonchev–Trinajstić information content (AvgIpc) is 2.87. The molecule has 0 spiro atoms. The number of hydrogen-bond acceptors (Lipinski definition) is 3. The highest BCUT2D eigenvalue weighted by Crippen LogP contribution is 2.25. The van der Waals surface area contributed by atoms with Crippen molar-refractivity contribution in [3.63, 3.8) is 0 Å². The number of benzene rings is 1. The molecule has 0 radical (unpaired) electrons. The van der Waals surface area contributed by atoms with Crippen molar-refractivity contribution in [3.05, 3.63) is 51.3 Å². The molecule has 1 aromatic carbocycles. The molecule has 1 aromatic heterocycles. The van der Waals surface area contributed by atoms with Gasteiger partial charge < -0.3 is 0 Å². The summed E-state index contributed by atoms with van der Waals surface area (Å²) in [6, 6.07) is 11.6. The standard InChI is InChI=1S/C14H16BrNO2S2/c1-2-11-3-5-12(6-4-11)9-10-16-20(17,18)14-8-7-13(15)19-14/h3-8,16H,2,9-10H2,1H3. The number of rotatable bonds is 6. The van der Waals surface area contributed by atoms with Gasteiger partial charge in [-0.15, -0.1) is 11.3 Å². The molecule has 0 unspecified atom stereocenters. The molecule has 2 aromatic rings. The van der Waals surface area contributed by atoms with Crippen molar-refractivity contribution < 1.29 is 8.42 Å². The molecule has 0 atom stereocenters. The molecule has 1 N–H and O–H groups in total. The summed E-state index contributed by atoms with van der Waals surface area (Å²) < 4.78 is 27.8. The predicted molar refractivity (Wildman–Crippen MR) is 86.7 cm³/mol. The van der Waals surface area contributed by atoms with Crippen LogP contribution in [0.25, 0.3) is 0 Å². The second kappa shape index (κ2) is 6.85. The Morgan fingerprint density at radius 1 is 1.10 bits per heavy atom. The topological polar surface area (TPSA) is 46.2 Å². The van der Waals surface area contributed by atoms with Crippen molar-refractivity contribution >= 4 is 37.3 Å². The van der Waals surface area contributed by atoms with Crippen LogP contribution < -0.4 is 4.72 Å². The second-order valence-corrected chi connectivity index (χ2v) is 8.83. The van der Waals surface area contributed by atoms with Gasteiger partial charge in [0.05, 0.1) is 3.79 Å². The zero-order chi connectivity index (χ0) is 14.6. The van der Waals surface area contributed by atoms with E-state index in [1.54, 1.807) is 12.1 Å². The lowest BCUT2D eigenvalue weighted by molar-refractivity contribution is 0.584. The van der Waals surface area contributed by atoms with Gasteiger partial charge in [0.1, 0.15) is 4.21 Å². The minimum Gasteiger partial charge on any atom is -0.210 e. The van der Waals surface area contributed by atoms with E-state index in [0.717, 1.165) is 15.8 Å². The third-order valence-corrected chi connectivity index (χ3v) is 6.53. The van der Waals surface area contributed by atoms with Crippen molar-refractivity contribution in [1.29, 1.82) is 0 Å². The van der Waals surface area contributed by atoms with Crippen molar-refractivity contribution in [2.24, 2.45) is 0 Å². The van der Waals surface area contributed by atoms with Gasteiger partial charge in [0.15, 0.2) is 0 Å². The SMILES string of the molecule is CCc1ccc(CCNS(=O)(=O)c2ccc(Br)s2)cc1. The summed E-state index contributed by atoms with van der Waals surface area (Å²) in [6.07, 6.45) is 1.70. The van der Waals surface area contributed by atoms with E-state index in [1.165, 1.54) is 16.9 Å². The van der Waals surface area contributed by atoms with Gasteiger partial charge in [0.2, 0.25) is 10.0 Å². The molecule has 2 rings (SSSR count). The Balaban J connectivity index is 1.91. The van der Waals surface area contributed by atoms with Crippen molar-refractivity contribution in [3.8, 4) is 0 Å². The zero-order valence-corrected chi connectivity index (χ0v) is 14.3. The molecule has 0 saturated carbocycles. The van der Waals surface area contributed by atoms with Crippen LogP contribution in [0.2, 0.25) is 0 Å². The van der Waals surface area contributed by atoms with Gasteiger partial charge in [-0.1, -0.05) is 31.2 Å². The maximum absolute atomic E-state index is 12.0. The van der Waals surface area contributed by atoms with E-state index in [1.807, 2.05) is 0 Å². The predicted octanol–water partition coefficient (Wildman–Crippen LogP) is 3.59. The molecule has 1 heterocycles. The molecule has 0 amide bonds. The Morgan fingerprint density at radius 3 is 2.30 bits per heavy atom. The normalized spacial score (nSPS) is 11.7. The highest BCUT2D eigenvalue weighted by molar-refractivity contribution is 9.11. The van der Waals surface area contributed by atoms with Crippen LogP contribution in [-0.2, 0) is 22.9 Å². The maximum Gasteiger partial charge on any atom is 0.250 e. The highest BCUT2D eigenvalue weighted by atomic mass is 79.9. The molecule has 108 valence electrons. The molecular formula is C14H16BrNO2S2. The minimum absolute atomic E-state index is 0.339. The third-order valence-electron chi connectivity index (χ3n) is 2.95. The van der Waals surface area contributed by atoms with E-state index in [9.17, 15) is 8.42 Å². The first-order valence-corrected chi connectivity index (χ1v) is 9.43. The van der Waals surface area contributed by atoms with E-state index < -0.39 is 10.0 Å². The zero-order valence-electron chi connectivity index (χ0n) is 11.1. The van der Waals surface area contributed by atoms with E-state index in [4.69, 9.17) is 0 Å². The molecule has 0 bridgehead atoms. The Labute approximate surface area is 132 Å². The van der Waals surface area contributed by atoms with Gasteiger partial charge in [-0.05, 0) is 52.0 Å². The Morgan fingerprint density at radius 2 is 1.75 bits per heavy atom. The Kier molecular flexibility index (Phi) is 5.37. The smallest absolute Gasteiger partial charge is 0.210 e. The van der Waals surface area contributed by atoms with Crippen molar-refractivity contribution in [1.82, 2.24) is 4.72 Å². The lowest BCUT2D eigenvalue weighted by Crippen LogP contribution is -2.25. The average molecular weight is 374 g/mol. The van der Waals surface area contributed by atoms with Gasteiger partial charge in [-0.3, -0.25) is 0 Å². The Bertz CT molecular complexity index is 663. The van der Waals surface area contributed by atoms with Crippen molar-refractivity contribution in [2.45, 2.75) is 24.0 Å². The fraction of sp³-hybridized carbons (Fsp3) is 0.286. The van der Waals surface area contributed by atoms with Crippen molar-refractivity contribution in [2.75, 3.05) is 6.54 Å². The first-order valence-electron chi connectivity index (χ1n) is 6.34. The lowest BCUT2D eigenvalue weighted by atomic mass is 10.1. The van der Waals surface area contributed by atoms with Gasteiger partial charge in [-0.25, -0.2) is 13.1 Å². The maximum atomic E-state index is 12.0. The molecule has 0 saturated heterocycles. The van der Waals surface area contributed by atoms with E-state index in [-0.39, 0.29) is 0 Å². The van der Waals surface area contributed by atoms with Crippen LogP contribution in [0.5, 0.6) is 0 Å². The number of thiophene rings is 1. The number of aryl methyl sites for hydroxylation is 1. The number of nitrogens with one attached hydrogen (secondary N) is 1. The van der Waals surface area contributed by atoms with Crippen LogP contribution in [0.1, 0.15) is 18.1 Å². The van der Waals surface area contributed by atoms with E-state index in [0.29, 0.717) is 17.2 Å². The van der Waals surface area contributed by atoms with Gasteiger partial charge in [0.25, 0.3) is 0 Å². The summed E-state index contributed by atoms with van der Waals surface area (Å²) in [7, 11) is -3.38. The molecule has 3 nitrogen and oxygen atoms in total. The van der Waals surface area contributed by atoms with Crippen LogP contribution in [-0.4, -0.2) is 15.0 Å². The Hall–Kier alpha value is -0.690. The van der Waals surface area contributed by atoms with Crippen LogP contribution in [0.15, 0.2) is 44.4 Å². The minimum atomic E-state index is -3.38. The summed E-state index contributed by atoms with van der Waals surface area (Å²) in [6.45, 7) is 2.52. The second-order valence-electron chi connectivity index (χ2n) is 4.38. The summed E-state index contributed by atoms with van der Waals surface area (Å²) in [5.41, 5.74) is 2.43. The van der Waals surface area contributed by atoms with E-state index in [2.05, 4.69) is 51.8 Å². The van der Waals surface area contributed by atoms with Crippen LogP contribution >= 0.6 is 27.3 Å². The summed E-state index contributed by atoms with van der Waals surface area (Å²) in [5.74, 6) is 0. The number of hydrogen-bond donors (Lipinski definition) is 1. The first-order chi connectivity index (χ1) is 9.51. The molecular weight excluding hydrogens is 358 g/mol. The summed E-state index contributed by atoms with van der Waals surface area (Å²) in [4.78, 5) is 0. The molecule has 0 fully saturated rings. The quantitative estimate of drug-likeness (QED) is 0.840. The largest absolute Gasteiger partial charge is 0.250 e. The fourth-order valence-electron chi connectivity index (χ4n) is 1.78. The van der Waals surface area contributed by atoms with Crippen LogP contribution in [0.3, 0.4) is 0 Å². The molecule has 0 aliphatic rings. The molecule has 6 heteroatoms. The number of halogens is 1.